The molecule has 2 aromatic rings. The molecule has 0 heterocycles. The van der Waals surface area contributed by atoms with E-state index in [4.69, 9.17) is 0 Å². The molecule has 0 radical (unpaired) electrons. The van der Waals surface area contributed by atoms with Gasteiger partial charge in [0.05, 0.1) is 13.1 Å². The SMILES string of the molecule is Cc1cc(C)c(NC(=O)CNC(=O)CN(C)C(=O)c2ccccc2)c(C)c1. The van der Waals surface area contributed by atoms with Crippen LogP contribution in [0.25, 0.3) is 0 Å². The summed E-state index contributed by atoms with van der Waals surface area (Å²) in [5.41, 5.74) is 4.34. The molecule has 0 atom stereocenters. The van der Waals surface area contributed by atoms with Gasteiger partial charge in [-0.2, -0.15) is 0 Å². The largest absolute Gasteiger partial charge is 0.345 e. The molecule has 0 saturated heterocycles. The fourth-order valence-corrected chi connectivity index (χ4v) is 2.88. The second-order valence-electron chi connectivity index (χ2n) is 6.63. The summed E-state index contributed by atoms with van der Waals surface area (Å²) in [5.74, 6) is -0.953. The van der Waals surface area contributed by atoms with E-state index >= 15 is 0 Å². The molecule has 0 fully saturated rings. The summed E-state index contributed by atoms with van der Waals surface area (Å²) in [7, 11) is 1.55. The molecule has 2 rings (SSSR count). The van der Waals surface area contributed by atoms with Gasteiger partial charge in [0, 0.05) is 18.3 Å². The van der Waals surface area contributed by atoms with E-state index in [2.05, 4.69) is 10.6 Å². The van der Waals surface area contributed by atoms with E-state index < -0.39 is 5.91 Å². The topological polar surface area (TPSA) is 78.5 Å². The summed E-state index contributed by atoms with van der Waals surface area (Å²) >= 11 is 0. The molecule has 0 aliphatic heterocycles. The summed E-state index contributed by atoms with van der Waals surface area (Å²) in [4.78, 5) is 37.7. The van der Waals surface area contributed by atoms with E-state index in [1.54, 1.807) is 31.3 Å². The van der Waals surface area contributed by atoms with Crippen molar-refractivity contribution in [2.45, 2.75) is 20.8 Å². The van der Waals surface area contributed by atoms with Gasteiger partial charge in [-0.05, 0) is 44.0 Å². The second kappa shape index (κ2) is 8.98. The Balaban J connectivity index is 1.85. The van der Waals surface area contributed by atoms with Crippen LogP contribution in [0.3, 0.4) is 0 Å². The lowest BCUT2D eigenvalue weighted by atomic mass is 10.1. The normalized spacial score (nSPS) is 10.2. The Morgan fingerprint density at radius 3 is 2.11 bits per heavy atom. The van der Waals surface area contributed by atoms with Gasteiger partial charge in [0.2, 0.25) is 11.8 Å². The fraction of sp³-hybridized carbons (Fsp3) is 0.286. The van der Waals surface area contributed by atoms with Crippen molar-refractivity contribution < 1.29 is 14.4 Å². The van der Waals surface area contributed by atoms with Crippen molar-refractivity contribution in [1.29, 1.82) is 0 Å². The number of carbonyl (C=O) groups excluding carboxylic acids is 3. The standard InChI is InChI=1S/C21H25N3O3/c1-14-10-15(2)20(16(3)11-14)23-18(25)12-22-19(26)13-24(4)21(27)17-8-6-5-7-9-17/h5-11H,12-13H2,1-4H3,(H,22,26)(H,23,25). The maximum Gasteiger partial charge on any atom is 0.254 e. The van der Waals surface area contributed by atoms with Crippen molar-refractivity contribution in [3.63, 3.8) is 0 Å². The highest BCUT2D eigenvalue weighted by Gasteiger charge is 2.15. The zero-order chi connectivity index (χ0) is 20.0. The Bertz CT molecular complexity index is 824. The van der Waals surface area contributed by atoms with Gasteiger partial charge in [0.1, 0.15) is 0 Å². The van der Waals surface area contributed by atoms with Gasteiger partial charge in [-0.15, -0.1) is 0 Å². The van der Waals surface area contributed by atoms with E-state index in [0.717, 1.165) is 22.4 Å². The Labute approximate surface area is 159 Å². The zero-order valence-electron chi connectivity index (χ0n) is 16.1. The summed E-state index contributed by atoms with van der Waals surface area (Å²) in [6.07, 6.45) is 0. The highest BCUT2D eigenvalue weighted by atomic mass is 16.2. The molecule has 142 valence electrons. The van der Waals surface area contributed by atoms with Crippen molar-refractivity contribution in [3.05, 3.63) is 64.7 Å². The number of amides is 3. The summed E-state index contributed by atoms with van der Waals surface area (Å²) in [5, 5.41) is 5.37. The number of hydrogen-bond donors (Lipinski definition) is 2. The summed E-state index contributed by atoms with van der Waals surface area (Å²) in [6.45, 7) is 5.58. The average Bonchev–Trinajstić information content (AvgIpc) is 2.63. The molecule has 2 N–H and O–H groups in total. The number of carbonyl (C=O) groups is 3. The molecule has 0 saturated carbocycles. The number of likely N-dealkylation sites (N-methyl/N-ethyl adjacent to an activating group) is 1. The lowest BCUT2D eigenvalue weighted by Crippen LogP contribution is -2.41. The predicted molar refractivity (Wildman–Crippen MR) is 106 cm³/mol. The monoisotopic (exact) mass is 367 g/mol. The average molecular weight is 367 g/mol. The van der Waals surface area contributed by atoms with Gasteiger partial charge in [-0.25, -0.2) is 0 Å². The molecule has 0 spiro atoms. The first kappa shape index (κ1) is 20.2. The molecular formula is C21H25N3O3. The van der Waals surface area contributed by atoms with Gasteiger partial charge < -0.3 is 15.5 Å². The number of benzene rings is 2. The summed E-state index contributed by atoms with van der Waals surface area (Å²) < 4.78 is 0. The van der Waals surface area contributed by atoms with Gasteiger partial charge in [-0.3, -0.25) is 14.4 Å². The van der Waals surface area contributed by atoms with Crippen LogP contribution >= 0.6 is 0 Å². The van der Waals surface area contributed by atoms with Crippen LogP contribution in [0.15, 0.2) is 42.5 Å². The van der Waals surface area contributed by atoms with Crippen LogP contribution in [-0.4, -0.2) is 42.8 Å². The minimum atomic E-state index is -0.394. The third kappa shape index (κ3) is 5.67. The van der Waals surface area contributed by atoms with Gasteiger partial charge >= 0.3 is 0 Å². The van der Waals surface area contributed by atoms with Gasteiger partial charge in [0.25, 0.3) is 5.91 Å². The number of rotatable bonds is 6. The van der Waals surface area contributed by atoms with E-state index in [0.29, 0.717) is 5.56 Å². The van der Waals surface area contributed by atoms with Crippen molar-refractivity contribution in [2.24, 2.45) is 0 Å². The number of hydrogen-bond acceptors (Lipinski definition) is 3. The Kier molecular flexibility index (Phi) is 6.71. The van der Waals surface area contributed by atoms with Crippen LogP contribution in [0, 0.1) is 20.8 Å². The Morgan fingerprint density at radius 1 is 0.926 bits per heavy atom. The molecule has 0 bridgehead atoms. The Hall–Kier alpha value is -3.15. The van der Waals surface area contributed by atoms with Crippen LogP contribution in [0.1, 0.15) is 27.0 Å². The molecule has 6 nitrogen and oxygen atoms in total. The molecule has 0 aliphatic rings. The van der Waals surface area contributed by atoms with Crippen LogP contribution < -0.4 is 10.6 Å². The molecule has 3 amide bonds. The molecule has 27 heavy (non-hydrogen) atoms. The second-order valence-corrected chi connectivity index (χ2v) is 6.63. The molecule has 0 aliphatic carbocycles. The lowest BCUT2D eigenvalue weighted by Gasteiger charge is -2.17. The first-order valence-corrected chi connectivity index (χ1v) is 8.73. The van der Waals surface area contributed by atoms with Crippen LogP contribution in [0.4, 0.5) is 5.69 Å². The molecular weight excluding hydrogens is 342 g/mol. The summed E-state index contributed by atoms with van der Waals surface area (Å²) in [6, 6.07) is 12.7. The fourth-order valence-electron chi connectivity index (χ4n) is 2.88. The third-order valence-corrected chi connectivity index (χ3v) is 4.14. The van der Waals surface area contributed by atoms with Crippen molar-refractivity contribution >= 4 is 23.4 Å². The highest BCUT2D eigenvalue weighted by Crippen LogP contribution is 2.21. The maximum absolute atomic E-state index is 12.2. The predicted octanol–water partition coefficient (Wildman–Crippen LogP) is 2.44. The van der Waals surface area contributed by atoms with E-state index in [9.17, 15) is 14.4 Å². The lowest BCUT2D eigenvalue weighted by molar-refractivity contribution is -0.124. The van der Waals surface area contributed by atoms with Crippen LogP contribution in [0.5, 0.6) is 0 Å². The first-order chi connectivity index (χ1) is 12.8. The van der Waals surface area contributed by atoms with Gasteiger partial charge in [0.15, 0.2) is 0 Å². The quantitative estimate of drug-likeness (QED) is 0.823. The Morgan fingerprint density at radius 2 is 1.52 bits per heavy atom. The number of anilines is 1. The number of nitrogens with zero attached hydrogens (tertiary/aromatic N) is 1. The van der Waals surface area contributed by atoms with E-state index in [-0.39, 0.29) is 24.9 Å². The molecule has 2 aromatic carbocycles. The highest BCUT2D eigenvalue weighted by molar-refractivity contribution is 5.98. The van der Waals surface area contributed by atoms with E-state index in [1.165, 1.54) is 4.90 Å². The first-order valence-electron chi connectivity index (χ1n) is 8.73. The molecule has 0 aromatic heterocycles. The minimum absolute atomic E-state index is 0.121. The number of aryl methyl sites for hydroxylation is 3. The zero-order valence-corrected chi connectivity index (χ0v) is 16.1. The van der Waals surface area contributed by atoms with Gasteiger partial charge in [-0.1, -0.05) is 35.9 Å². The molecule has 6 heteroatoms. The van der Waals surface area contributed by atoms with E-state index in [1.807, 2.05) is 39.0 Å². The van der Waals surface area contributed by atoms with Crippen LogP contribution in [-0.2, 0) is 9.59 Å². The maximum atomic E-state index is 12.2. The third-order valence-electron chi connectivity index (χ3n) is 4.14. The molecule has 0 unspecified atom stereocenters. The number of nitrogens with one attached hydrogen (secondary N) is 2. The van der Waals surface area contributed by atoms with Crippen molar-refractivity contribution in [1.82, 2.24) is 10.2 Å². The van der Waals surface area contributed by atoms with Crippen molar-refractivity contribution in [2.75, 3.05) is 25.5 Å². The van der Waals surface area contributed by atoms with Crippen LogP contribution in [0.2, 0.25) is 0 Å². The van der Waals surface area contributed by atoms with Crippen molar-refractivity contribution in [3.8, 4) is 0 Å². The minimum Gasteiger partial charge on any atom is -0.345 e. The smallest absolute Gasteiger partial charge is 0.254 e.